The van der Waals surface area contributed by atoms with Gasteiger partial charge in [-0.05, 0) is 12.1 Å². The maximum atomic E-state index is 13.4. The van der Waals surface area contributed by atoms with E-state index in [1.807, 2.05) is 0 Å². The van der Waals surface area contributed by atoms with Crippen LogP contribution in [0.2, 0.25) is 0 Å². The molecule has 0 amide bonds. The lowest BCUT2D eigenvalue weighted by molar-refractivity contribution is -0.140. The van der Waals surface area contributed by atoms with Gasteiger partial charge >= 0.3 is 11.9 Å². The Morgan fingerprint density at radius 3 is 2.72 bits per heavy atom. The SMILES string of the molecule is COC(=O)CCNc1cc(F)c(C(=O)O)cc1N. The largest absolute Gasteiger partial charge is 0.478 e. The summed E-state index contributed by atoms with van der Waals surface area (Å²) in [4.78, 5) is 21.5. The van der Waals surface area contributed by atoms with E-state index in [1.54, 1.807) is 0 Å². The van der Waals surface area contributed by atoms with Crippen molar-refractivity contribution < 1.29 is 23.8 Å². The van der Waals surface area contributed by atoms with Crippen LogP contribution in [0.25, 0.3) is 0 Å². The van der Waals surface area contributed by atoms with E-state index < -0.39 is 23.3 Å². The van der Waals surface area contributed by atoms with Crippen LogP contribution in [0.1, 0.15) is 16.8 Å². The summed E-state index contributed by atoms with van der Waals surface area (Å²) >= 11 is 0. The molecule has 98 valence electrons. The lowest BCUT2D eigenvalue weighted by Gasteiger charge is -2.10. The Morgan fingerprint density at radius 2 is 2.17 bits per heavy atom. The van der Waals surface area contributed by atoms with E-state index in [-0.39, 0.29) is 24.3 Å². The highest BCUT2D eigenvalue weighted by molar-refractivity contribution is 5.90. The van der Waals surface area contributed by atoms with Gasteiger partial charge < -0.3 is 20.9 Å². The average Bonchev–Trinajstić information content (AvgIpc) is 2.32. The fourth-order valence-electron chi connectivity index (χ4n) is 1.31. The number of nitrogen functional groups attached to an aromatic ring is 1. The zero-order valence-electron chi connectivity index (χ0n) is 9.70. The Balaban J connectivity index is 2.76. The summed E-state index contributed by atoms with van der Waals surface area (Å²) in [7, 11) is 1.26. The van der Waals surface area contributed by atoms with Crippen LogP contribution in [0.5, 0.6) is 0 Å². The molecule has 0 radical (unpaired) electrons. The standard InChI is InChI=1S/C11H13FN2O4/c1-18-10(15)2-3-14-9-5-7(12)6(11(16)17)4-8(9)13/h4-5,14H,2-3,13H2,1H3,(H,16,17). The van der Waals surface area contributed by atoms with E-state index in [0.29, 0.717) is 0 Å². The first-order chi connectivity index (χ1) is 8.45. The Kier molecular flexibility index (Phi) is 4.47. The van der Waals surface area contributed by atoms with Crippen LogP contribution < -0.4 is 11.1 Å². The molecule has 6 nitrogen and oxygen atoms in total. The minimum atomic E-state index is -1.39. The number of benzene rings is 1. The molecule has 7 heteroatoms. The Hall–Kier alpha value is -2.31. The number of hydrogen-bond donors (Lipinski definition) is 3. The van der Waals surface area contributed by atoms with Crippen LogP contribution in [0, 0.1) is 5.82 Å². The zero-order chi connectivity index (χ0) is 13.7. The first-order valence-corrected chi connectivity index (χ1v) is 5.08. The van der Waals surface area contributed by atoms with E-state index in [0.717, 1.165) is 12.1 Å². The van der Waals surface area contributed by atoms with Gasteiger partial charge in [-0.3, -0.25) is 4.79 Å². The molecule has 0 unspecified atom stereocenters. The molecule has 0 heterocycles. The second-order valence-electron chi connectivity index (χ2n) is 3.48. The van der Waals surface area contributed by atoms with Gasteiger partial charge in [0, 0.05) is 6.54 Å². The molecule has 0 aliphatic rings. The number of carboxylic acid groups (broad SMARTS) is 1. The number of ether oxygens (including phenoxy) is 1. The first-order valence-electron chi connectivity index (χ1n) is 5.08. The van der Waals surface area contributed by atoms with Crippen LogP contribution >= 0.6 is 0 Å². The zero-order valence-corrected chi connectivity index (χ0v) is 9.70. The molecular weight excluding hydrogens is 243 g/mol. The minimum absolute atomic E-state index is 0.0955. The van der Waals surface area contributed by atoms with Crippen molar-refractivity contribution in [3.8, 4) is 0 Å². The van der Waals surface area contributed by atoms with Crippen LogP contribution in [-0.4, -0.2) is 30.7 Å². The second kappa shape index (κ2) is 5.85. The van der Waals surface area contributed by atoms with Crippen molar-refractivity contribution in [2.75, 3.05) is 24.7 Å². The molecule has 18 heavy (non-hydrogen) atoms. The molecular formula is C11H13FN2O4. The summed E-state index contributed by atoms with van der Waals surface area (Å²) in [5.74, 6) is -2.69. The summed E-state index contributed by atoms with van der Waals surface area (Å²) in [6, 6.07) is 2.01. The summed E-state index contributed by atoms with van der Waals surface area (Å²) in [6.07, 6.45) is 0.0955. The third-order valence-electron chi connectivity index (χ3n) is 2.24. The second-order valence-corrected chi connectivity index (χ2v) is 3.48. The summed E-state index contributed by atoms with van der Waals surface area (Å²) in [5, 5.41) is 11.4. The third-order valence-corrected chi connectivity index (χ3v) is 2.24. The van der Waals surface area contributed by atoms with Crippen LogP contribution in [-0.2, 0) is 9.53 Å². The maximum Gasteiger partial charge on any atom is 0.338 e. The highest BCUT2D eigenvalue weighted by Gasteiger charge is 2.13. The van der Waals surface area contributed by atoms with Gasteiger partial charge in [0.1, 0.15) is 5.82 Å². The number of rotatable bonds is 5. The van der Waals surface area contributed by atoms with Gasteiger partial charge in [-0.1, -0.05) is 0 Å². The highest BCUT2D eigenvalue weighted by Crippen LogP contribution is 2.23. The van der Waals surface area contributed by atoms with Gasteiger partial charge in [-0.15, -0.1) is 0 Å². The fourth-order valence-corrected chi connectivity index (χ4v) is 1.31. The van der Waals surface area contributed by atoms with Gasteiger partial charge in [-0.2, -0.15) is 0 Å². The van der Waals surface area contributed by atoms with Gasteiger partial charge in [0.25, 0.3) is 0 Å². The topological polar surface area (TPSA) is 102 Å². The van der Waals surface area contributed by atoms with Gasteiger partial charge in [0.2, 0.25) is 0 Å². The van der Waals surface area contributed by atoms with Crippen molar-refractivity contribution in [2.45, 2.75) is 6.42 Å². The first kappa shape index (κ1) is 13.8. The molecule has 0 spiro atoms. The lowest BCUT2D eigenvalue weighted by atomic mass is 10.1. The number of hydrogen-bond acceptors (Lipinski definition) is 5. The van der Waals surface area contributed by atoms with Gasteiger partial charge in [0.15, 0.2) is 0 Å². The molecule has 0 saturated heterocycles. The molecule has 0 saturated carbocycles. The molecule has 0 aliphatic carbocycles. The normalized spacial score (nSPS) is 9.89. The smallest absolute Gasteiger partial charge is 0.338 e. The molecule has 1 aromatic carbocycles. The molecule has 4 N–H and O–H groups in total. The van der Waals surface area contributed by atoms with Crippen molar-refractivity contribution in [2.24, 2.45) is 0 Å². The quantitative estimate of drug-likeness (QED) is 0.538. The number of methoxy groups -OCH3 is 1. The molecule has 0 aromatic heterocycles. The number of nitrogens with two attached hydrogens (primary N) is 1. The predicted octanol–water partition coefficient (Wildman–Crippen LogP) is 1.08. The highest BCUT2D eigenvalue weighted by atomic mass is 19.1. The number of halogens is 1. The molecule has 0 fully saturated rings. The number of esters is 1. The van der Waals surface area contributed by atoms with Crippen LogP contribution in [0.4, 0.5) is 15.8 Å². The summed E-state index contributed by atoms with van der Waals surface area (Å²) in [5.41, 5.74) is 5.41. The van der Waals surface area contributed by atoms with E-state index in [1.165, 1.54) is 7.11 Å². The average molecular weight is 256 g/mol. The Bertz CT molecular complexity index is 476. The monoisotopic (exact) mass is 256 g/mol. The van der Waals surface area contributed by atoms with Gasteiger partial charge in [-0.25, -0.2) is 9.18 Å². The number of aromatic carboxylic acids is 1. The van der Waals surface area contributed by atoms with E-state index >= 15 is 0 Å². The lowest BCUT2D eigenvalue weighted by Crippen LogP contribution is -2.12. The Labute approximate surface area is 103 Å². The molecule has 0 aliphatic heterocycles. The number of carbonyl (C=O) groups excluding carboxylic acids is 1. The van der Waals surface area contributed by atoms with E-state index in [4.69, 9.17) is 10.8 Å². The molecule has 0 atom stereocenters. The van der Waals surface area contributed by atoms with Gasteiger partial charge in [0.05, 0.1) is 30.5 Å². The van der Waals surface area contributed by atoms with Crippen molar-refractivity contribution in [1.29, 1.82) is 0 Å². The van der Waals surface area contributed by atoms with Crippen molar-refractivity contribution in [3.63, 3.8) is 0 Å². The van der Waals surface area contributed by atoms with Crippen molar-refractivity contribution in [1.82, 2.24) is 0 Å². The molecule has 1 rings (SSSR count). The number of carbonyl (C=O) groups is 2. The molecule has 0 bridgehead atoms. The van der Waals surface area contributed by atoms with E-state index in [2.05, 4.69) is 10.1 Å². The predicted molar refractivity (Wildman–Crippen MR) is 62.9 cm³/mol. The number of anilines is 2. The maximum absolute atomic E-state index is 13.4. The van der Waals surface area contributed by atoms with E-state index in [9.17, 15) is 14.0 Å². The van der Waals surface area contributed by atoms with Crippen molar-refractivity contribution in [3.05, 3.63) is 23.5 Å². The Morgan fingerprint density at radius 1 is 1.50 bits per heavy atom. The molecule has 1 aromatic rings. The van der Waals surface area contributed by atoms with Crippen LogP contribution in [0.3, 0.4) is 0 Å². The summed E-state index contributed by atoms with van der Waals surface area (Å²) in [6.45, 7) is 0.211. The third kappa shape index (κ3) is 3.34. The van der Waals surface area contributed by atoms with Crippen molar-refractivity contribution >= 4 is 23.3 Å². The number of carboxylic acids is 1. The fraction of sp³-hybridized carbons (Fsp3) is 0.273. The van der Waals surface area contributed by atoms with Crippen LogP contribution in [0.15, 0.2) is 12.1 Å². The minimum Gasteiger partial charge on any atom is -0.478 e. The summed E-state index contributed by atoms with van der Waals surface area (Å²) < 4.78 is 17.8. The number of nitrogens with one attached hydrogen (secondary N) is 1.